The van der Waals surface area contributed by atoms with E-state index in [1.807, 2.05) is 13.0 Å². The van der Waals surface area contributed by atoms with E-state index in [-0.39, 0.29) is 11.9 Å². The van der Waals surface area contributed by atoms with Crippen molar-refractivity contribution in [1.29, 1.82) is 5.26 Å². The van der Waals surface area contributed by atoms with Crippen LogP contribution < -0.4 is 0 Å². The van der Waals surface area contributed by atoms with Gasteiger partial charge in [-0.2, -0.15) is 5.26 Å². The van der Waals surface area contributed by atoms with Gasteiger partial charge in [-0.15, -0.1) is 11.3 Å². The van der Waals surface area contributed by atoms with Crippen LogP contribution in [0.4, 0.5) is 0 Å². The lowest BCUT2D eigenvalue weighted by atomic mass is 10.2. The molecule has 1 aromatic heterocycles. The molecule has 1 aromatic rings. The molecule has 1 aliphatic rings. The highest BCUT2D eigenvalue weighted by Gasteiger charge is 2.30. The van der Waals surface area contributed by atoms with E-state index in [2.05, 4.69) is 22.0 Å². The maximum atomic E-state index is 12.1. The predicted molar refractivity (Wildman–Crippen MR) is 66.4 cm³/mol. The number of likely N-dealkylation sites (tertiary alicyclic amines) is 1. The van der Waals surface area contributed by atoms with Crippen LogP contribution in [0.3, 0.4) is 0 Å². The first-order valence-corrected chi connectivity index (χ1v) is 6.71. The first-order chi connectivity index (χ1) is 7.63. The van der Waals surface area contributed by atoms with Gasteiger partial charge >= 0.3 is 0 Å². The van der Waals surface area contributed by atoms with Crippen molar-refractivity contribution in [3.8, 4) is 6.07 Å². The molecule has 5 heteroatoms. The minimum Gasteiger partial charge on any atom is -0.322 e. The smallest absolute Gasteiger partial charge is 0.265 e. The summed E-state index contributed by atoms with van der Waals surface area (Å²) in [5.74, 6) is -0.0112. The molecule has 0 radical (unpaired) electrons. The highest BCUT2D eigenvalue weighted by molar-refractivity contribution is 9.11. The third kappa shape index (κ3) is 2.00. The molecular formula is C11H11BrN2OS. The summed E-state index contributed by atoms with van der Waals surface area (Å²) in [5, 5.41) is 8.94. The Bertz CT molecular complexity index is 444. The van der Waals surface area contributed by atoms with E-state index in [0.717, 1.165) is 22.2 Å². The summed E-state index contributed by atoms with van der Waals surface area (Å²) >= 11 is 4.85. The Morgan fingerprint density at radius 2 is 2.50 bits per heavy atom. The van der Waals surface area contributed by atoms with Crippen LogP contribution in [-0.4, -0.2) is 23.4 Å². The summed E-state index contributed by atoms with van der Waals surface area (Å²) in [6.07, 6.45) is 1.73. The zero-order valence-corrected chi connectivity index (χ0v) is 11.3. The second-order valence-electron chi connectivity index (χ2n) is 3.85. The maximum absolute atomic E-state index is 12.1. The number of halogens is 1. The molecule has 1 amide bonds. The quantitative estimate of drug-likeness (QED) is 0.800. The van der Waals surface area contributed by atoms with Gasteiger partial charge in [-0.1, -0.05) is 0 Å². The van der Waals surface area contributed by atoms with Crippen molar-refractivity contribution in [2.24, 2.45) is 0 Å². The molecule has 2 heterocycles. The molecule has 1 atom stereocenters. The van der Waals surface area contributed by atoms with Gasteiger partial charge < -0.3 is 4.90 Å². The second-order valence-corrected chi connectivity index (χ2v) is 6.22. The maximum Gasteiger partial charge on any atom is 0.265 e. The van der Waals surface area contributed by atoms with Crippen LogP contribution in [0.2, 0.25) is 0 Å². The molecule has 1 saturated heterocycles. The van der Waals surface area contributed by atoms with Gasteiger partial charge in [0.25, 0.3) is 5.91 Å². The Morgan fingerprint density at radius 3 is 3.06 bits per heavy atom. The number of thiophene rings is 1. The fraction of sp³-hybridized carbons (Fsp3) is 0.455. The number of nitriles is 1. The Morgan fingerprint density at radius 1 is 1.75 bits per heavy atom. The van der Waals surface area contributed by atoms with Crippen molar-refractivity contribution in [3.05, 3.63) is 20.3 Å². The van der Waals surface area contributed by atoms with E-state index in [9.17, 15) is 4.79 Å². The van der Waals surface area contributed by atoms with Crippen LogP contribution in [0.5, 0.6) is 0 Å². The molecule has 0 bridgehead atoms. The number of carbonyl (C=O) groups is 1. The third-order valence-corrected chi connectivity index (χ3v) is 4.86. The monoisotopic (exact) mass is 298 g/mol. The third-order valence-electron chi connectivity index (χ3n) is 2.73. The molecular weight excluding hydrogens is 288 g/mol. The first kappa shape index (κ1) is 11.6. The number of carbonyl (C=O) groups excluding carboxylic acids is 1. The molecule has 0 aliphatic carbocycles. The van der Waals surface area contributed by atoms with Crippen LogP contribution >= 0.6 is 27.3 Å². The highest BCUT2D eigenvalue weighted by Crippen LogP contribution is 2.30. The fourth-order valence-electron chi connectivity index (χ4n) is 1.85. The van der Waals surface area contributed by atoms with Crippen molar-refractivity contribution in [1.82, 2.24) is 4.90 Å². The number of aryl methyl sites for hydroxylation is 1. The Balaban J connectivity index is 2.22. The molecule has 1 fully saturated rings. The lowest BCUT2D eigenvalue weighted by Gasteiger charge is -2.18. The molecule has 16 heavy (non-hydrogen) atoms. The van der Waals surface area contributed by atoms with E-state index in [4.69, 9.17) is 5.26 Å². The van der Waals surface area contributed by atoms with Gasteiger partial charge in [-0.3, -0.25) is 4.79 Å². The average molecular weight is 299 g/mol. The summed E-state index contributed by atoms with van der Waals surface area (Å²) in [7, 11) is 0. The van der Waals surface area contributed by atoms with Crippen molar-refractivity contribution >= 4 is 33.2 Å². The first-order valence-electron chi connectivity index (χ1n) is 5.10. The van der Waals surface area contributed by atoms with E-state index < -0.39 is 0 Å². The van der Waals surface area contributed by atoms with Crippen molar-refractivity contribution in [2.45, 2.75) is 25.8 Å². The Labute approximate surface area is 107 Å². The zero-order valence-electron chi connectivity index (χ0n) is 8.86. The van der Waals surface area contributed by atoms with Crippen LogP contribution in [-0.2, 0) is 0 Å². The SMILES string of the molecule is Cc1cc(C(=O)N2CCCC2C#N)sc1Br. The Hall–Kier alpha value is -0.860. The van der Waals surface area contributed by atoms with Gasteiger partial charge in [0.05, 0.1) is 14.7 Å². The molecule has 2 rings (SSSR count). The van der Waals surface area contributed by atoms with Crippen molar-refractivity contribution < 1.29 is 4.79 Å². The minimum atomic E-state index is -0.242. The summed E-state index contributed by atoms with van der Waals surface area (Å²) in [6.45, 7) is 2.66. The average Bonchev–Trinajstić information content (AvgIpc) is 2.85. The number of amides is 1. The molecule has 3 nitrogen and oxygen atoms in total. The molecule has 0 aromatic carbocycles. The van der Waals surface area contributed by atoms with Crippen LogP contribution in [0.1, 0.15) is 28.1 Å². The van der Waals surface area contributed by atoms with Gasteiger partial charge in [0.15, 0.2) is 0 Å². The van der Waals surface area contributed by atoms with Gasteiger partial charge in [-0.05, 0) is 47.3 Å². The summed E-state index contributed by atoms with van der Waals surface area (Å²) in [4.78, 5) is 14.5. The summed E-state index contributed by atoms with van der Waals surface area (Å²) in [6, 6.07) is 3.82. The largest absolute Gasteiger partial charge is 0.322 e. The van der Waals surface area contributed by atoms with E-state index in [1.54, 1.807) is 4.90 Å². The molecule has 0 N–H and O–H groups in total. The van der Waals surface area contributed by atoms with Crippen molar-refractivity contribution in [2.75, 3.05) is 6.54 Å². The van der Waals surface area contributed by atoms with Gasteiger partial charge in [0, 0.05) is 6.54 Å². The normalized spacial score (nSPS) is 19.8. The summed E-state index contributed by atoms with van der Waals surface area (Å²) < 4.78 is 0.989. The predicted octanol–water partition coefficient (Wildman–Crippen LogP) is 2.95. The zero-order chi connectivity index (χ0) is 11.7. The molecule has 0 saturated carbocycles. The van der Waals surface area contributed by atoms with Crippen molar-refractivity contribution in [3.63, 3.8) is 0 Å². The molecule has 1 aliphatic heterocycles. The number of rotatable bonds is 1. The number of hydrogen-bond donors (Lipinski definition) is 0. The van der Waals surface area contributed by atoms with E-state index in [0.29, 0.717) is 11.4 Å². The minimum absolute atomic E-state index is 0.0112. The second kappa shape index (κ2) is 4.56. The molecule has 1 unspecified atom stereocenters. The van der Waals surface area contributed by atoms with Crippen LogP contribution in [0.15, 0.2) is 9.85 Å². The number of hydrogen-bond acceptors (Lipinski definition) is 3. The highest BCUT2D eigenvalue weighted by atomic mass is 79.9. The van der Waals surface area contributed by atoms with E-state index >= 15 is 0 Å². The van der Waals surface area contributed by atoms with E-state index in [1.165, 1.54) is 11.3 Å². The number of nitrogens with zero attached hydrogens (tertiary/aromatic N) is 2. The summed E-state index contributed by atoms with van der Waals surface area (Å²) in [5.41, 5.74) is 1.07. The standard InChI is InChI=1S/C11H11BrN2OS/c1-7-5-9(16-10(7)12)11(15)14-4-2-3-8(14)6-13/h5,8H,2-4H2,1H3. The molecule has 84 valence electrons. The Kier molecular flexibility index (Phi) is 3.31. The lowest BCUT2D eigenvalue weighted by molar-refractivity contribution is 0.0769. The topological polar surface area (TPSA) is 44.1 Å². The molecule has 0 spiro atoms. The van der Waals surface area contributed by atoms with Crippen LogP contribution in [0.25, 0.3) is 0 Å². The lowest BCUT2D eigenvalue weighted by Crippen LogP contribution is -2.34. The van der Waals surface area contributed by atoms with Gasteiger partial charge in [0.2, 0.25) is 0 Å². The van der Waals surface area contributed by atoms with Gasteiger partial charge in [0.1, 0.15) is 6.04 Å². The van der Waals surface area contributed by atoms with Gasteiger partial charge in [-0.25, -0.2) is 0 Å². The fourth-order valence-corrected chi connectivity index (χ4v) is 3.34. The van der Waals surface area contributed by atoms with Crippen LogP contribution in [0, 0.1) is 18.3 Å².